The molecule has 0 unspecified atom stereocenters. The lowest BCUT2D eigenvalue weighted by Crippen LogP contribution is -2.25. The molecule has 0 heterocycles. The molecule has 0 aromatic carbocycles. The van der Waals surface area contributed by atoms with Crippen molar-refractivity contribution in [1.82, 2.24) is 0 Å². The van der Waals surface area contributed by atoms with Crippen LogP contribution >= 0.6 is 0 Å². The van der Waals surface area contributed by atoms with Crippen LogP contribution in [0.3, 0.4) is 0 Å². The van der Waals surface area contributed by atoms with Crippen LogP contribution in [-0.2, 0) is 0 Å². The van der Waals surface area contributed by atoms with Crippen molar-refractivity contribution in [3.05, 3.63) is 0 Å². The van der Waals surface area contributed by atoms with E-state index in [-0.39, 0.29) is 0 Å². The largest absolute Gasteiger partial charge is 0.294 e. The molecule has 0 atom stereocenters. The number of nitrogens with two attached hydrogens (primary N) is 1. The van der Waals surface area contributed by atoms with Gasteiger partial charge < -0.3 is 0 Å². The zero-order chi connectivity index (χ0) is 8.85. The van der Waals surface area contributed by atoms with Crippen molar-refractivity contribution in [3.8, 4) is 0 Å². The van der Waals surface area contributed by atoms with Crippen LogP contribution in [0, 0.1) is 11.8 Å². The molecule has 11 heavy (non-hydrogen) atoms. The first-order chi connectivity index (χ1) is 5.06. The molecule has 0 aromatic rings. The Morgan fingerprint density at radius 1 is 1.09 bits per heavy atom. The minimum Gasteiger partial charge on any atom is -0.294 e. The topological polar surface area (TPSA) is 29.0 Å². The monoisotopic (exact) mass is 157 g/mol. The molecular weight excluding hydrogens is 136 g/mol. The van der Waals surface area contributed by atoms with Gasteiger partial charge in [0.05, 0.1) is 13.1 Å². The lowest BCUT2D eigenvalue weighted by Gasteiger charge is -2.10. The van der Waals surface area contributed by atoms with Crippen LogP contribution in [-0.4, -0.2) is 24.0 Å². The summed E-state index contributed by atoms with van der Waals surface area (Å²) < 4.78 is 2.18. The predicted molar refractivity (Wildman–Crippen MR) is 49.9 cm³/mol. The van der Waals surface area contributed by atoms with Gasteiger partial charge in [0.2, 0.25) is 6.34 Å². The van der Waals surface area contributed by atoms with E-state index in [0.717, 1.165) is 13.1 Å². The Hall–Kier alpha value is -0.530. The molecule has 0 aromatic heterocycles. The van der Waals surface area contributed by atoms with Crippen LogP contribution in [0.15, 0.2) is 0 Å². The van der Waals surface area contributed by atoms with Gasteiger partial charge in [0.25, 0.3) is 0 Å². The summed E-state index contributed by atoms with van der Waals surface area (Å²) in [5, 5.41) is 0. The summed E-state index contributed by atoms with van der Waals surface area (Å²) >= 11 is 0. The Kier molecular flexibility index (Phi) is 4.92. The minimum atomic E-state index is 0.688. The summed E-state index contributed by atoms with van der Waals surface area (Å²) in [6, 6.07) is 0. The number of hydrogen-bond donors (Lipinski definition) is 1. The fourth-order valence-corrected chi connectivity index (χ4v) is 1.13. The standard InChI is InChI=1S/C9H20N2/c1-8(2)5-11(7-10)6-9(3)4/h7-10H,5-6H2,1-4H3/p+1. The molecule has 0 bridgehead atoms. The third kappa shape index (κ3) is 5.89. The predicted octanol–water partition coefficient (Wildman–Crippen LogP) is 1.30. The van der Waals surface area contributed by atoms with Crippen LogP contribution in [0.2, 0.25) is 0 Å². The Bertz CT molecular complexity index is 114. The Morgan fingerprint density at radius 2 is 1.45 bits per heavy atom. The first-order valence-corrected chi connectivity index (χ1v) is 4.35. The van der Waals surface area contributed by atoms with Gasteiger partial charge in [0, 0.05) is 0 Å². The fraction of sp³-hybridized carbons (Fsp3) is 0.889. The van der Waals surface area contributed by atoms with Crippen molar-refractivity contribution in [2.75, 3.05) is 13.1 Å². The summed E-state index contributed by atoms with van der Waals surface area (Å²) in [6.45, 7) is 10.9. The Morgan fingerprint density at radius 3 is 1.64 bits per heavy atom. The second-order valence-corrected chi connectivity index (χ2v) is 3.89. The molecule has 0 rings (SSSR count). The minimum absolute atomic E-state index is 0.688. The van der Waals surface area contributed by atoms with Crippen molar-refractivity contribution in [2.45, 2.75) is 27.7 Å². The highest BCUT2D eigenvalue weighted by molar-refractivity contribution is 5.44. The van der Waals surface area contributed by atoms with Gasteiger partial charge >= 0.3 is 0 Å². The SMILES string of the molecule is CC(C)C[N+](=CN)CC(C)C. The van der Waals surface area contributed by atoms with Crippen LogP contribution in [0.5, 0.6) is 0 Å². The van der Waals surface area contributed by atoms with Crippen LogP contribution in [0.4, 0.5) is 0 Å². The summed E-state index contributed by atoms with van der Waals surface area (Å²) in [6.07, 6.45) is 1.69. The van der Waals surface area contributed by atoms with Gasteiger partial charge in [-0.3, -0.25) is 10.3 Å². The van der Waals surface area contributed by atoms with Gasteiger partial charge in [-0.1, -0.05) is 27.7 Å². The van der Waals surface area contributed by atoms with Gasteiger partial charge in [-0.05, 0) is 11.8 Å². The van der Waals surface area contributed by atoms with E-state index >= 15 is 0 Å². The zero-order valence-corrected chi connectivity index (χ0v) is 8.17. The second-order valence-electron chi connectivity index (χ2n) is 3.89. The zero-order valence-electron chi connectivity index (χ0n) is 8.17. The van der Waals surface area contributed by atoms with Crippen molar-refractivity contribution in [1.29, 1.82) is 0 Å². The van der Waals surface area contributed by atoms with Crippen LogP contribution in [0.25, 0.3) is 0 Å². The van der Waals surface area contributed by atoms with E-state index in [2.05, 4.69) is 32.3 Å². The average Bonchev–Trinajstić information content (AvgIpc) is 1.84. The van der Waals surface area contributed by atoms with E-state index < -0.39 is 0 Å². The second kappa shape index (κ2) is 5.16. The fourth-order valence-electron chi connectivity index (χ4n) is 1.13. The molecule has 2 heteroatoms. The molecule has 0 fully saturated rings. The molecule has 2 N–H and O–H groups in total. The number of nitrogens with zero attached hydrogens (tertiary/aromatic N) is 1. The van der Waals surface area contributed by atoms with Crippen LogP contribution in [0.1, 0.15) is 27.7 Å². The Labute approximate surface area is 70.1 Å². The molecule has 0 aliphatic heterocycles. The summed E-state index contributed by atoms with van der Waals surface area (Å²) in [5.41, 5.74) is 5.47. The van der Waals surface area contributed by atoms with Crippen LogP contribution < -0.4 is 5.73 Å². The van der Waals surface area contributed by atoms with E-state index in [4.69, 9.17) is 5.73 Å². The lowest BCUT2D eigenvalue weighted by molar-refractivity contribution is -0.536. The third-order valence-electron chi connectivity index (χ3n) is 1.41. The number of rotatable bonds is 4. The van der Waals surface area contributed by atoms with E-state index in [1.807, 2.05) is 0 Å². The highest BCUT2D eigenvalue weighted by Crippen LogP contribution is 1.96. The quantitative estimate of drug-likeness (QED) is 0.372. The number of hydrogen-bond acceptors (Lipinski definition) is 0. The highest BCUT2D eigenvalue weighted by Gasteiger charge is 2.04. The van der Waals surface area contributed by atoms with E-state index in [0.29, 0.717) is 11.8 Å². The average molecular weight is 157 g/mol. The van der Waals surface area contributed by atoms with Crippen molar-refractivity contribution in [3.63, 3.8) is 0 Å². The maximum atomic E-state index is 5.47. The highest BCUT2D eigenvalue weighted by atomic mass is 15.0. The van der Waals surface area contributed by atoms with Gasteiger partial charge in [-0.15, -0.1) is 0 Å². The van der Waals surface area contributed by atoms with E-state index in [1.165, 1.54) is 0 Å². The molecule has 0 aliphatic carbocycles. The Balaban J connectivity index is 3.79. The molecule has 66 valence electrons. The molecule has 0 spiro atoms. The molecule has 0 saturated heterocycles. The molecule has 0 radical (unpaired) electrons. The molecule has 2 nitrogen and oxygen atoms in total. The summed E-state index contributed by atoms with van der Waals surface area (Å²) in [4.78, 5) is 0. The molecular formula is C9H21N2+. The smallest absolute Gasteiger partial charge is 0.229 e. The van der Waals surface area contributed by atoms with Crippen molar-refractivity contribution < 1.29 is 4.58 Å². The maximum Gasteiger partial charge on any atom is 0.229 e. The normalized spacial score (nSPS) is 10.7. The van der Waals surface area contributed by atoms with E-state index in [1.54, 1.807) is 6.34 Å². The van der Waals surface area contributed by atoms with Gasteiger partial charge in [-0.2, -0.15) is 0 Å². The lowest BCUT2D eigenvalue weighted by atomic mass is 10.2. The summed E-state index contributed by atoms with van der Waals surface area (Å²) in [5.74, 6) is 1.38. The van der Waals surface area contributed by atoms with Gasteiger partial charge in [0.15, 0.2) is 0 Å². The first kappa shape index (κ1) is 10.5. The van der Waals surface area contributed by atoms with Crippen molar-refractivity contribution >= 4 is 6.34 Å². The summed E-state index contributed by atoms with van der Waals surface area (Å²) in [7, 11) is 0. The molecule has 0 amide bonds. The van der Waals surface area contributed by atoms with Gasteiger partial charge in [0.1, 0.15) is 0 Å². The van der Waals surface area contributed by atoms with E-state index in [9.17, 15) is 0 Å². The maximum absolute atomic E-state index is 5.47. The molecule has 0 aliphatic rings. The molecule has 0 saturated carbocycles. The van der Waals surface area contributed by atoms with Gasteiger partial charge in [-0.25, -0.2) is 0 Å². The van der Waals surface area contributed by atoms with Crippen molar-refractivity contribution in [2.24, 2.45) is 17.6 Å². The third-order valence-corrected chi connectivity index (χ3v) is 1.41. The first-order valence-electron chi connectivity index (χ1n) is 4.35.